The van der Waals surface area contributed by atoms with Gasteiger partial charge in [0, 0.05) is 25.2 Å². The van der Waals surface area contributed by atoms with Gasteiger partial charge in [-0.25, -0.2) is 0 Å². The van der Waals surface area contributed by atoms with Crippen molar-refractivity contribution in [3.05, 3.63) is 34.9 Å². The van der Waals surface area contributed by atoms with Crippen LogP contribution in [0, 0.1) is 11.3 Å². The minimum Gasteiger partial charge on any atom is -0.356 e. The van der Waals surface area contributed by atoms with E-state index < -0.39 is 0 Å². The Morgan fingerprint density at radius 3 is 2.43 bits per heavy atom. The summed E-state index contributed by atoms with van der Waals surface area (Å²) >= 11 is 5.89. The van der Waals surface area contributed by atoms with Crippen molar-refractivity contribution < 1.29 is 0 Å². The first kappa shape index (κ1) is 16.9. The third-order valence-corrected chi connectivity index (χ3v) is 4.79. The molecule has 0 unspecified atom stereocenters. The number of nitrogens with one attached hydrogen (secondary N) is 2. The molecule has 116 valence electrons. The van der Waals surface area contributed by atoms with Crippen molar-refractivity contribution in [2.24, 2.45) is 16.3 Å². The van der Waals surface area contributed by atoms with E-state index in [0.717, 1.165) is 30.0 Å². The number of guanidine groups is 1. The van der Waals surface area contributed by atoms with Crippen LogP contribution in [-0.4, -0.2) is 19.6 Å². The minimum atomic E-state index is 0. The average molecular weight is 420 g/mol. The lowest BCUT2D eigenvalue weighted by atomic mass is 10.0. The summed E-state index contributed by atoms with van der Waals surface area (Å²) in [6.45, 7) is 1.84. The highest BCUT2D eigenvalue weighted by molar-refractivity contribution is 14.0. The van der Waals surface area contributed by atoms with Crippen LogP contribution >= 0.6 is 35.6 Å². The highest BCUT2D eigenvalue weighted by Gasteiger charge is 2.53. The molecule has 0 bridgehead atoms. The van der Waals surface area contributed by atoms with E-state index >= 15 is 0 Å². The molecule has 2 N–H and O–H groups in total. The largest absolute Gasteiger partial charge is 0.356 e. The van der Waals surface area contributed by atoms with E-state index in [1.807, 2.05) is 31.3 Å². The van der Waals surface area contributed by atoms with Gasteiger partial charge in [-0.2, -0.15) is 0 Å². The molecule has 0 aromatic heterocycles. The lowest BCUT2D eigenvalue weighted by Crippen LogP contribution is -2.40. The fraction of sp³-hybridized carbons (Fsp3) is 0.562. The lowest BCUT2D eigenvalue weighted by molar-refractivity contribution is 0.431. The topological polar surface area (TPSA) is 36.4 Å². The first-order chi connectivity index (χ1) is 9.72. The molecule has 21 heavy (non-hydrogen) atoms. The fourth-order valence-corrected chi connectivity index (χ4v) is 2.98. The molecule has 2 fully saturated rings. The van der Waals surface area contributed by atoms with Gasteiger partial charge in [0.05, 0.1) is 0 Å². The van der Waals surface area contributed by atoms with E-state index in [4.69, 9.17) is 11.6 Å². The highest BCUT2D eigenvalue weighted by Crippen LogP contribution is 2.60. The first-order valence-electron chi connectivity index (χ1n) is 7.41. The molecule has 2 aliphatic carbocycles. The number of halogens is 2. The zero-order valence-corrected chi connectivity index (χ0v) is 15.4. The summed E-state index contributed by atoms with van der Waals surface area (Å²) in [6.07, 6.45) is 5.63. The molecule has 2 saturated carbocycles. The number of aliphatic imine (C=N–C) groups is 1. The summed E-state index contributed by atoms with van der Waals surface area (Å²) < 4.78 is 0. The Hall–Kier alpha value is -0.490. The van der Waals surface area contributed by atoms with Crippen LogP contribution < -0.4 is 10.6 Å². The maximum Gasteiger partial charge on any atom is 0.191 e. The Labute approximate surface area is 149 Å². The quantitative estimate of drug-likeness (QED) is 0.432. The number of rotatable bonds is 5. The van der Waals surface area contributed by atoms with Crippen LogP contribution in [0.1, 0.15) is 31.2 Å². The smallest absolute Gasteiger partial charge is 0.191 e. The van der Waals surface area contributed by atoms with Gasteiger partial charge in [0.25, 0.3) is 0 Å². The van der Waals surface area contributed by atoms with Gasteiger partial charge in [0.1, 0.15) is 0 Å². The van der Waals surface area contributed by atoms with Crippen molar-refractivity contribution in [2.45, 2.75) is 32.2 Å². The molecule has 0 amide bonds. The van der Waals surface area contributed by atoms with Crippen LogP contribution in [0.5, 0.6) is 0 Å². The van der Waals surface area contributed by atoms with Crippen molar-refractivity contribution in [1.29, 1.82) is 0 Å². The lowest BCUT2D eigenvalue weighted by Gasteiger charge is -2.18. The van der Waals surface area contributed by atoms with Gasteiger partial charge < -0.3 is 10.6 Å². The van der Waals surface area contributed by atoms with Gasteiger partial charge in [0.15, 0.2) is 5.96 Å². The second kappa shape index (κ2) is 7.18. The number of hydrogen-bond donors (Lipinski definition) is 2. The van der Waals surface area contributed by atoms with Crippen molar-refractivity contribution in [3.8, 4) is 0 Å². The maximum atomic E-state index is 5.89. The van der Waals surface area contributed by atoms with E-state index in [1.165, 1.54) is 31.2 Å². The van der Waals surface area contributed by atoms with Crippen LogP contribution in [0.15, 0.2) is 29.3 Å². The number of nitrogens with zero attached hydrogens (tertiary/aromatic N) is 1. The molecule has 3 nitrogen and oxygen atoms in total. The number of hydrogen-bond acceptors (Lipinski definition) is 1. The van der Waals surface area contributed by atoms with Crippen molar-refractivity contribution in [3.63, 3.8) is 0 Å². The van der Waals surface area contributed by atoms with E-state index in [2.05, 4.69) is 15.6 Å². The van der Waals surface area contributed by atoms with E-state index in [0.29, 0.717) is 5.41 Å². The summed E-state index contributed by atoms with van der Waals surface area (Å²) in [5.74, 6) is 1.87. The van der Waals surface area contributed by atoms with Crippen LogP contribution in [0.4, 0.5) is 0 Å². The average Bonchev–Trinajstić information content (AvgIpc) is 3.34. The molecule has 1 aromatic carbocycles. The second-order valence-corrected chi connectivity index (χ2v) is 6.48. The summed E-state index contributed by atoms with van der Waals surface area (Å²) in [6, 6.07) is 7.91. The Morgan fingerprint density at radius 2 is 1.90 bits per heavy atom. The molecule has 0 saturated heterocycles. The van der Waals surface area contributed by atoms with Gasteiger partial charge in [-0.05, 0) is 54.7 Å². The monoisotopic (exact) mass is 419 g/mol. The third-order valence-electron chi connectivity index (χ3n) is 4.54. The van der Waals surface area contributed by atoms with Gasteiger partial charge in [-0.15, -0.1) is 24.0 Å². The number of benzene rings is 1. The normalized spacial score (nSPS) is 19.6. The predicted molar refractivity (Wildman–Crippen MR) is 99.5 cm³/mol. The molecule has 0 spiro atoms. The molecule has 3 rings (SSSR count). The molecule has 0 heterocycles. The van der Waals surface area contributed by atoms with E-state index in [-0.39, 0.29) is 24.0 Å². The molecular weight excluding hydrogens is 397 g/mol. The molecule has 0 aliphatic heterocycles. The van der Waals surface area contributed by atoms with Crippen molar-refractivity contribution in [1.82, 2.24) is 10.6 Å². The zero-order valence-electron chi connectivity index (χ0n) is 12.4. The molecule has 5 heteroatoms. The summed E-state index contributed by atoms with van der Waals surface area (Å²) in [5, 5.41) is 7.62. The van der Waals surface area contributed by atoms with Gasteiger partial charge >= 0.3 is 0 Å². The van der Waals surface area contributed by atoms with E-state index in [1.54, 1.807) is 0 Å². The third kappa shape index (κ3) is 4.49. The summed E-state index contributed by atoms with van der Waals surface area (Å²) in [5.41, 5.74) is 1.80. The van der Waals surface area contributed by atoms with Crippen LogP contribution in [0.2, 0.25) is 5.02 Å². The maximum absolute atomic E-state index is 5.89. The molecule has 1 aromatic rings. The van der Waals surface area contributed by atoms with Crippen molar-refractivity contribution >= 4 is 41.5 Å². The minimum absolute atomic E-state index is 0. The predicted octanol–water partition coefficient (Wildman–Crippen LogP) is 3.81. The highest BCUT2D eigenvalue weighted by atomic mass is 127. The van der Waals surface area contributed by atoms with Gasteiger partial charge in [-0.3, -0.25) is 4.99 Å². The molecule has 0 atom stereocenters. The van der Waals surface area contributed by atoms with E-state index in [9.17, 15) is 0 Å². The second-order valence-electron chi connectivity index (χ2n) is 6.04. The Kier molecular flexibility index (Phi) is 5.77. The summed E-state index contributed by atoms with van der Waals surface area (Å²) in [4.78, 5) is 4.30. The van der Waals surface area contributed by atoms with Crippen LogP contribution in [0.25, 0.3) is 0 Å². The van der Waals surface area contributed by atoms with Crippen LogP contribution in [-0.2, 0) is 6.54 Å². The van der Waals surface area contributed by atoms with Gasteiger partial charge in [-0.1, -0.05) is 23.7 Å². The Balaban J connectivity index is 0.00000161. The molecule has 0 radical (unpaired) electrons. The van der Waals surface area contributed by atoms with Crippen LogP contribution in [0.3, 0.4) is 0 Å². The zero-order chi connectivity index (χ0) is 14.0. The SMILES string of the molecule is CN=C(NCc1ccc(Cl)cc1)NCC1(C2CC2)CC1.I. The standard InChI is InChI=1S/C16H22ClN3.HI/c1-18-15(19-10-12-2-6-14(17)7-3-12)20-11-16(8-9-16)13-4-5-13;/h2-3,6-7,13H,4-5,8-11H2,1H3,(H2,18,19,20);1H. The Morgan fingerprint density at radius 1 is 1.24 bits per heavy atom. The van der Waals surface area contributed by atoms with Gasteiger partial charge in [0.2, 0.25) is 0 Å². The van der Waals surface area contributed by atoms with Crippen molar-refractivity contribution in [2.75, 3.05) is 13.6 Å². The first-order valence-corrected chi connectivity index (χ1v) is 7.79. The summed E-state index contributed by atoms with van der Waals surface area (Å²) in [7, 11) is 1.83. The molecular formula is C16H23ClIN3. The fourth-order valence-electron chi connectivity index (χ4n) is 2.85. The Bertz CT molecular complexity index is 493. The molecule has 2 aliphatic rings.